The van der Waals surface area contributed by atoms with Gasteiger partial charge in [0, 0.05) is 54.5 Å². The topological polar surface area (TPSA) is 34.5 Å². The molecule has 0 saturated heterocycles. The molecular formula is C27H30N2O2. The van der Waals surface area contributed by atoms with Crippen LogP contribution in [0.15, 0.2) is 72.9 Å². The first-order valence-electron chi connectivity index (χ1n) is 11.1. The third-order valence-corrected chi connectivity index (χ3v) is 5.76. The second-order valence-electron chi connectivity index (χ2n) is 8.02. The third kappa shape index (κ3) is 4.71. The fraction of sp³-hybridized carbons (Fsp3) is 0.296. The van der Waals surface area contributed by atoms with Gasteiger partial charge in [-0.3, -0.25) is 4.79 Å². The van der Waals surface area contributed by atoms with Crippen molar-refractivity contribution in [3.63, 3.8) is 0 Å². The summed E-state index contributed by atoms with van der Waals surface area (Å²) in [5.41, 5.74) is 2.62. The number of aromatic nitrogens is 1. The van der Waals surface area contributed by atoms with Crippen LogP contribution in [-0.2, 0) is 11.3 Å². The van der Waals surface area contributed by atoms with E-state index in [0.717, 1.165) is 72.1 Å². The van der Waals surface area contributed by atoms with E-state index in [4.69, 9.17) is 4.74 Å². The zero-order valence-electron chi connectivity index (χ0n) is 18.4. The van der Waals surface area contributed by atoms with E-state index >= 15 is 0 Å². The summed E-state index contributed by atoms with van der Waals surface area (Å²) in [6, 6.07) is 22.2. The highest BCUT2D eigenvalue weighted by atomic mass is 16.5. The Bertz CT molecular complexity index is 1170. The number of nitrogens with zero attached hydrogens (tertiary/aromatic N) is 2. The highest BCUT2D eigenvalue weighted by Crippen LogP contribution is 2.27. The van der Waals surface area contributed by atoms with Gasteiger partial charge >= 0.3 is 0 Å². The molecule has 0 amide bonds. The van der Waals surface area contributed by atoms with Gasteiger partial charge in [0.2, 0.25) is 0 Å². The lowest BCUT2D eigenvalue weighted by Crippen LogP contribution is -2.27. The average molecular weight is 415 g/mol. The molecule has 0 aliphatic carbocycles. The summed E-state index contributed by atoms with van der Waals surface area (Å²) >= 11 is 0. The molecule has 1 heterocycles. The first kappa shape index (κ1) is 21.3. The van der Waals surface area contributed by atoms with Crippen molar-refractivity contribution in [2.24, 2.45) is 0 Å². The highest BCUT2D eigenvalue weighted by molar-refractivity contribution is 6.21. The van der Waals surface area contributed by atoms with Crippen molar-refractivity contribution in [2.75, 3.05) is 33.4 Å². The van der Waals surface area contributed by atoms with Crippen molar-refractivity contribution in [1.29, 1.82) is 0 Å². The standard InChI is InChI=1S/C27H30N2O2/c1-3-18-31-19-17-28(2)15-16-29-20-25(23-12-6-7-14-26(23)29)27(30)24-13-8-10-21-9-4-5-11-22(21)24/h4-14,20H,3,15-19H2,1-2H3. The van der Waals surface area contributed by atoms with Crippen LogP contribution in [0, 0.1) is 0 Å². The molecule has 31 heavy (non-hydrogen) atoms. The number of ketones is 1. The zero-order valence-corrected chi connectivity index (χ0v) is 18.4. The van der Waals surface area contributed by atoms with Gasteiger partial charge in [-0.05, 0) is 30.3 Å². The molecule has 0 saturated carbocycles. The predicted molar refractivity (Wildman–Crippen MR) is 128 cm³/mol. The minimum atomic E-state index is 0.0769. The van der Waals surface area contributed by atoms with Crippen molar-refractivity contribution in [2.45, 2.75) is 19.9 Å². The van der Waals surface area contributed by atoms with Gasteiger partial charge in [-0.25, -0.2) is 0 Å². The van der Waals surface area contributed by atoms with Crippen molar-refractivity contribution >= 4 is 27.5 Å². The molecular weight excluding hydrogens is 384 g/mol. The number of carbonyl (C=O) groups excluding carboxylic acids is 1. The number of rotatable bonds is 10. The van der Waals surface area contributed by atoms with Gasteiger partial charge in [-0.1, -0.05) is 67.6 Å². The zero-order chi connectivity index (χ0) is 21.6. The van der Waals surface area contributed by atoms with E-state index in [-0.39, 0.29) is 5.78 Å². The molecule has 0 aliphatic heterocycles. The van der Waals surface area contributed by atoms with Crippen molar-refractivity contribution in [3.8, 4) is 0 Å². The Labute approximate surface area is 184 Å². The van der Waals surface area contributed by atoms with Gasteiger partial charge in [0.25, 0.3) is 0 Å². The van der Waals surface area contributed by atoms with E-state index in [9.17, 15) is 4.79 Å². The summed E-state index contributed by atoms with van der Waals surface area (Å²) in [5, 5.41) is 3.09. The van der Waals surface area contributed by atoms with Crippen LogP contribution in [0.4, 0.5) is 0 Å². The molecule has 0 spiro atoms. The Morgan fingerprint density at radius 1 is 0.871 bits per heavy atom. The summed E-state index contributed by atoms with van der Waals surface area (Å²) in [6.07, 6.45) is 3.07. The largest absolute Gasteiger partial charge is 0.380 e. The molecule has 0 radical (unpaired) electrons. The summed E-state index contributed by atoms with van der Waals surface area (Å²) in [5.74, 6) is 0.0769. The number of hydrogen-bond donors (Lipinski definition) is 0. The molecule has 4 nitrogen and oxygen atoms in total. The SMILES string of the molecule is CCCOCCN(C)CCn1cc(C(=O)c2cccc3ccccc23)c2ccccc21. The molecule has 4 rings (SSSR count). The predicted octanol–water partition coefficient (Wildman–Crippen LogP) is 5.38. The second kappa shape index (κ2) is 9.90. The van der Waals surface area contributed by atoms with E-state index in [2.05, 4.69) is 41.6 Å². The van der Waals surface area contributed by atoms with Crippen molar-refractivity contribution in [1.82, 2.24) is 9.47 Å². The lowest BCUT2D eigenvalue weighted by atomic mass is 9.97. The number of para-hydroxylation sites is 1. The quantitative estimate of drug-likeness (QED) is 0.258. The fourth-order valence-electron chi connectivity index (χ4n) is 4.04. The minimum Gasteiger partial charge on any atom is -0.380 e. The number of likely N-dealkylation sites (N-methyl/N-ethyl adjacent to an activating group) is 1. The lowest BCUT2D eigenvalue weighted by Gasteiger charge is -2.17. The smallest absolute Gasteiger partial charge is 0.195 e. The van der Waals surface area contributed by atoms with Crippen LogP contribution in [0.5, 0.6) is 0 Å². The molecule has 4 heteroatoms. The van der Waals surface area contributed by atoms with Gasteiger partial charge in [-0.2, -0.15) is 0 Å². The summed E-state index contributed by atoms with van der Waals surface area (Å²) in [7, 11) is 2.11. The minimum absolute atomic E-state index is 0.0769. The third-order valence-electron chi connectivity index (χ3n) is 5.76. The Hall–Kier alpha value is -2.95. The van der Waals surface area contributed by atoms with Gasteiger partial charge in [0.05, 0.1) is 6.61 Å². The lowest BCUT2D eigenvalue weighted by molar-refractivity contribution is 0.104. The number of hydrogen-bond acceptors (Lipinski definition) is 3. The first-order chi connectivity index (χ1) is 15.2. The molecule has 0 bridgehead atoms. The average Bonchev–Trinajstić information content (AvgIpc) is 3.18. The maximum atomic E-state index is 13.6. The van der Waals surface area contributed by atoms with Gasteiger partial charge in [-0.15, -0.1) is 0 Å². The van der Waals surface area contributed by atoms with Crippen LogP contribution in [0.25, 0.3) is 21.7 Å². The molecule has 0 atom stereocenters. The number of carbonyl (C=O) groups is 1. The van der Waals surface area contributed by atoms with Crippen LogP contribution in [0.3, 0.4) is 0 Å². The van der Waals surface area contributed by atoms with E-state index in [1.165, 1.54) is 0 Å². The Morgan fingerprint density at radius 2 is 1.61 bits per heavy atom. The molecule has 0 fully saturated rings. The van der Waals surface area contributed by atoms with Gasteiger partial charge < -0.3 is 14.2 Å². The van der Waals surface area contributed by atoms with Crippen LogP contribution < -0.4 is 0 Å². The van der Waals surface area contributed by atoms with Gasteiger partial charge in [0.15, 0.2) is 5.78 Å². The van der Waals surface area contributed by atoms with E-state index < -0.39 is 0 Å². The molecule has 160 valence electrons. The summed E-state index contributed by atoms with van der Waals surface area (Å²) < 4.78 is 7.81. The first-order valence-corrected chi connectivity index (χ1v) is 11.1. The van der Waals surface area contributed by atoms with Crippen LogP contribution >= 0.6 is 0 Å². The molecule has 0 aliphatic rings. The van der Waals surface area contributed by atoms with Gasteiger partial charge in [0.1, 0.15) is 0 Å². The van der Waals surface area contributed by atoms with E-state index in [1.54, 1.807) is 0 Å². The number of fused-ring (bicyclic) bond motifs is 2. The Kier molecular flexibility index (Phi) is 6.80. The van der Waals surface area contributed by atoms with Crippen LogP contribution in [0.1, 0.15) is 29.3 Å². The maximum Gasteiger partial charge on any atom is 0.195 e. The van der Waals surface area contributed by atoms with Crippen molar-refractivity contribution in [3.05, 3.63) is 84.1 Å². The maximum absolute atomic E-state index is 13.6. The molecule has 4 aromatic rings. The Morgan fingerprint density at radius 3 is 2.45 bits per heavy atom. The molecule has 0 N–H and O–H groups in total. The van der Waals surface area contributed by atoms with Crippen LogP contribution in [0.2, 0.25) is 0 Å². The number of benzene rings is 3. The Balaban J connectivity index is 1.59. The van der Waals surface area contributed by atoms with E-state index in [0.29, 0.717) is 0 Å². The summed E-state index contributed by atoms with van der Waals surface area (Å²) in [4.78, 5) is 15.9. The molecule has 1 aromatic heterocycles. The van der Waals surface area contributed by atoms with E-state index in [1.807, 2.05) is 54.7 Å². The second-order valence-corrected chi connectivity index (χ2v) is 8.02. The molecule has 3 aromatic carbocycles. The van der Waals surface area contributed by atoms with Crippen molar-refractivity contribution < 1.29 is 9.53 Å². The van der Waals surface area contributed by atoms with Crippen LogP contribution in [-0.4, -0.2) is 48.6 Å². The summed E-state index contributed by atoms with van der Waals surface area (Å²) in [6.45, 7) is 6.32. The normalized spacial score (nSPS) is 11.6. The number of ether oxygens (including phenoxy) is 1. The highest BCUT2D eigenvalue weighted by Gasteiger charge is 2.18. The molecule has 0 unspecified atom stereocenters. The monoisotopic (exact) mass is 414 g/mol. The fourth-order valence-corrected chi connectivity index (χ4v) is 4.04.